The minimum Gasteiger partial charge on any atom is -0.458 e. The van der Waals surface area contributed by atoms with Crippen LogP contribution in [0.1, 0.15) is 30.5 Å². The summed E-state index contributed by atoms with van der Waals surface area (Å²) in [5.74, 6) is -0.977. The second kappa shape index (κ2) is 10.5. The first kappa shape index (κ1) is 23.5. The third kappa shape index (κ3) is 5.12. The van der Waals surface area contributed by atoms with E-state index in [9.17, 15) is 14.0 Å². The Kier molecular flexibility index (Phi) is 7.27. The fourth-order valence-corrected chi connectivity index (χ4v) is 4.79. The zero-order chi connectivity index (χ0) is 24.1. The molecule has 2 aliphatic heterocycles. The molecule has 1 amide bonds. The molecule has 0 saturated carbocycles. The Morgan fingerprint density at radius 3 is 2.65 bits per heavy atom. The van der Waals surface area contributed by atoms with Gasteiger partial charge >= 0.3 is 5.97 Å². The molecule has 0 saturated heterocycles. The van der Waals surface area contributed by atoms with Crippen molar-refractivity contribution >= 4 is 28.8 Å². The summed E-state index contributed by atoms with van der Waals surface area (Å²) in [7, 11) is 0. The van der Waals surface area contributed by atoms with Crippen LogP contribution in [0.15, 0.2) is 94.6 Å². The highest BCUT2D eigenvalue weighted by atomic mass is 32.2. The highest BCUT2D eigenvalue weighted by molar-refractivity contribution is 8.16. The number of rotatable bonds is 8. The molecule has 8 heteroatoms. The number of thioether (sulfide) groups is 1. The fraction of sp³-hybridized carbons (Fsp3) is 0.192. The van der Waals surface area contributed by atoms with Gasteiger partial charge in [-0.05, 0) is 35.6 Å². The lowest BCUT2D eigenvalue weighted by Gasteiger charge is -2.36. The van der Waals surface area contributed by atoms with Crippen LogP contribution in [0.25, 0.3) is 0 Å². The summed E-state index contributed by atoms with van der Waals surface area (Å²) in [4.78, 5) is 32.3. The molecular weight excluding hydrogens is 453 g/mol. The first-order valence-electron chi connectivity index (χ1n) is 10.8. The number of benzene rings is 2. The van der Waals surface area contributed by atoms with E-state index < -0.39 is 12.0 Å². The maximum Gasteiger partial charge on any atom is 0.338 e. The van der Waals surface area contributed by atoms with Gasteiger partial charge in [-0.2, -0.15) is 0 Å². The van der Waals surface area contributed by atoms with E-state index in [0.29, 0.717) is 23.0 Å². The minimum atomic E-state index is -0.475. The molecule has 174 valence electrons. The van der Waals surface area contributed by atoms with Gasteiger partial charge in [0.25, 0.3) is 0 Å². The number of nitrogens with one attached hydrogen (secondary N) is 1. The molecule has 2 heterocycles. The number of aliphatic imine (C=N–C) groups is 1. The van der Waals surface area contributed by atoms with Crippen LogP contribution in [-0.4, -0.2) is 28.6 Å². The fourth-order valence-electron chi connectivity index (χ4n) is 3.82. The van der Waals surface area contributed by atoms with Crippen molar-refractivity contribution in [1.82, 2.24) is 10.2 Å². The van der Waals surface area contributed by atoms with Crippen LogP contribution in [0.5, 0.6) is 0 Å². The Morgan fingerprint density at radius 2 is 1.94 bits per heavy atom. The van der Waals surface area contributed by atoms with Crippen LogP contribution in [0, 0.1) is 5.82 Å². The first-order valence-corrected chi connectivity index (χ1v) is 11.6. The summed E-state index contributed by atoms with van der Waals surface area (Å²) >= 11 is 1.42. The Bertz CT molecular complexity index is 1190. The molecule has 34 heavy (non-hydrogen) atoms. The van der Waals surface area contributed by atoms with Gasteiger partial charge in [0, 0.05) is 12.2 Å². The molecule has 0 radical (unpaired) electrons. The number of amidine groups is 1. The third-order valence-electron chi connectivity index (χ3n) is 5.41. The monoisotopic (exact) mass is 477 g/mol. The molecule has 2 aromatic carbocycles. The third-order valence-corrected chi connectivity index (χ3v) is 6.30. The largest absolute Gasteiger partial charge is 0.458 e. The van der Waals surface area contributed by atoms with Gasteiger partial charge in [0.15, 0.2) is 5.17 Å². The van der Waals surface area contributed by atoms with E-state index in [-0.39, 0.29) is 24.8 Å². The van der Waals surface area contributed by atoms with Crippen LogP contribution < -0.4 is 5.32 Å². The van der Waals surface area contributed by atoms with Crippen molar-refractivity contribution in [3.05, 3.63) is 107 Å². The smallest absolute Gasteiger partial charge is 0.338 e. The molecule has 0 aliphatic carbocycles. The van der Waals surface area contributed by atoms with Gasteiger partial charge in [0.1, 0.15) is 12.4 Å². The second-order valence-corrected chi connectivity index (χ2v) is 8.61. The highest BCUT2D eigenvalue weighted by Gasteiger charge is 2.41. The van der Waals surface area contributed by atoms with Crippen molar-refractivity contribution in [2.45, 2.75) is 25.9 Å². The Hall–Kier alpha value is -3.65. The van der Waals surface area contributed by atoms with Crippen LogP contribution in [0.2, 0.25) is 0 Å². The standard InChI is InChI=1S/C26H24FN3O3S/c1-3-13-33-25(32)23-17(2)29-26-30(24(23)19-7-5-4-6-8-19)21(16-34-26)14-22(31)28-15-18-9-11-20(27)12-10-18/h3-12,16,24H,1,13-15H2,2H3,(H,28,31). The molecular formula is C26H24FN3O3S. The molecule has 0 spiro atoms. The van der Waals surface area contributed by atoms with Crippen LogP contribution in [-0.2, 0) is 20.9 Å². The number of carbonyl (C=O) groups excluding carboxylic acids is 2. The lowest BCUT2D eigenvalue weighted by molar-refractivity contribution is -0.138. The molecule has 0 fully saturated rings. The van der Waals surface area contributed by atoms with E-state index in [1.165, 1.54) is 30.0 Å². The highest BCUT2D eigenvalue weighted by Crippen LogP contribution is 2.44. The van der Waals surface area contributed by atoms with Gasteiger partial charge in [-0.15, -0.1) is 0 Å². The topological polar surface area (TPSA) is 71.0 Å². The molecule has 1 N–H and O–H groups in total. The molecule has 6 nitrogen and oxygen atoms in total. The van der Waals surface area contributed by atoms with Gasteiger partial charge in [-0.25, -0.2) is 14.2 Å². The van der Waals surface area contributed by atoms with Gasteiger partial charge in [0.2, 0.25) is 5.91 Å². The van der Waals surface area contributed by atoms with Gasteiger partial charge < -0.3 is 15.0 Å². The number of halogens is 1. The number of amides is 1. The van der Waals surface area contributed by atoms with Crippen molar-refractivity contribution < 1.29 is 18.7 Å². The number of allylic oxidation sites excluding steroid dienone is 1. The maximum absolute atomic E-state index is 13.1. The summed E-state index contributed by atoms with van der Waals surface area (Å²) < 4.78 is 18.5. The molecule has 1 unspecified atom stereocenters. The lowest BCUT2D eigenvalue weighted by Crippen LogP contribution is -2.38. The number of esters is 1. The summed E-state index contributed by atoms with van der Waals surface area (Å²) in [5.41, 5.74) is 3.43. The van der Waals surface area contributed by atoms with E-state index in [0.717, 1.165) is 16.8 Å². The molecule has 2 aliphatic rings. The van der Waals surface area contributed by atoms with Gasteiger partial charge in [-0.1, -0.05) is 66.9 Å². The quantitative estimate of drug-likeness (QED) is 0.435. The summed E-state index contributed by atoms with van der Waals surface area (Å²) in [6, 6.07) is 15.1. The molecule has 0 bridgehead atoms. The number of ether oxygens (including phenoxy) is 1. The van der Waals surface area contributed by atoms with E-state index in [2.05, 4.69) is 16.9 Å². The molecule has 1 atom stereocenters. The zero-order valence-corrected chi connectivity index (χ0v) is 19.5. The minimum absolute atomic E-state index is 0.0942. The number of fused-ring (bicyclic) bond motifs is 1. The SMILES string of the molecule is C=CCOC(=O)C1=C(C)N=C2SC=C(CC(=O)NCc3ccc(F)cc3)N2C1c1ccccc1. The van der Waals surface area contributed by atoms with Crippen molar-refractivity contribution in [1.29, 1.82) is 0 Å². The molecule has 0 aromatic heterocycles. The molecule has 2 aromatic rings. The van der Waals surface area contributed by atoms with Crippen molar-refractivity contribution in [3.8, 4) is 0 Å². The van der Waals surface area contributed by atoms with Gasteiger partial charge in [0.05, 0.1) is 23.7 Å². The predicted octanol–water partition coefficient (Wildman–Crippen LogP) is 4.84. The van der Waals surface area contributed by atoms with Crippen LogP contribution >= 0.6 is 11.8 Å². The maximum atomic E-state index is 13.1. The zero-order valence-electron chi connectivity index (χ0n) is 18.7. The average Bonchev–Trinajstić information content (AvgIpc) is 3.23. The predicted molar refractivity (Wildman–Crippen MR) is 131 cm³/mol. The van der Waals surface area contributed by atoms with Crippen molar-refractivity contribution in [3.63, 3.8) is 0 Å². The lowest BCUT2D eigenvalue weighted by atomic mass is 9.94. The number of nitrogens with zero attached hydrogens (tertiary/aromatic N) is 2. The normalized spacial score (nSPS) is 17.0. The second-order valence-electron chi connectivity index (χ2n) is 7.77. The summed E-state index contributed by atoms with van der Waals surface area (Å²) in [6.07, 6.45) is 1.62. The summed E-state index contributed by atoms with van der Waals surface area (Å²) in [6.45, 7) is 5.79. The van der Waals surface area contributed by atoms with E-state index >= 15 is 0 Å². The van der Waals surface area contributed by atoms with Crippen LogP contribution in [0.4, 0.5) is 4.39 Å². The number of hydrogen-bond donors (Lipinski definition) is 1. The Balaban J connectivity index is 1.57. The van der Waals surface area contributed by atoms with E-state index in [4.69, 9.17) is 4.74 Å². The van der Waals surface area contributed by atoms with Gasteiger partial charge in [-0.3, -0.25) is 4.79 Å². The van der Waals surface area contributed by atoms with Crippen LogP contribution in [0.3, 0.4) is 0 Å². The van der Waals surface area contributed by atoms with E-state index in [1.54, 1.807) is 19.1 Å². The van der Waals surface area contributed by atoms with Crippen molar-refractivity contribution in [2.75, 3.05) is 6.61 Å². The first-order chi connectivity index (χ1) is 16.5. The average molecular weight is 478 g/mol. The number of hydrogen-bond acceptors (Lipinski definition) is 6. The Labute approximate surface area is 201 Å². The Morgan fingerprint density at radius 1 is 1.21 bits per heavy atom. The summed E-state index contributed by atoms with van der Waals surface area (Å²) in [5, 5.41) is 5.46. The number of carbonyl (C=O) groups is 2. The van der Waals surface area contributed by atoms with Crippen molar-refractivity contribution in [2.24, 2.45) is 4.99 Å². The van der Waals surface area contributed by atoms with E-state index in [1.807, 2.05) is 40.6 Å². The molecule has 4 rings (SSSR count).